The van der Waals surface area contributed by atoms with Crippen molar-refractivity contribution in [2.24, 2.45) is 0 Å². The van der Waals surface area contributed by atoms with Crippen molar-refractivity contribution in [3.05, 3.63) is 16.3 Å². The number of hydrogen-bond acceptors (Lipinski definition) is 4. The van der Waals surface area contributed by atoms with Crippen LogP contribution < -0.4 is 10.0 Å². The number of unbranched alkanes of at least 4 members (excludes halogenated alkanes) is 1. The molecule has 6 heteroatoms. The van der Waals surface area contributed by atoms with Crippen LogP contribution in [-0.4, -0.2) is 20.5 Å². The maximum atomic E-state index is 12.4. The fourth-order valence-electron chi connectivity index (χ4n) is 1.89. The summed E-state index contributed by atoms with van der Waals surface area (Å²) < 4.78 is 27.6. The highest BCUT2D eigenvalue weighted by Crippen LogP contribution is 2.22. The predicted octanol–water partition coefficient (Wildman–Crippen LogP) is 3.10. The third-order valence-electron chi connectivity index (χ3n) is 3.01. The summed E-state index contributed by atoms with van der Waals surface area (Å²) in [6.07, 6.45) is 2.99. The molecule has 0 saturated heterocycles. The monoisotopic (exact) mass is 318 g/mol. The van der Waals surface area contributed by atoms with Gasteiger partial charge in [-0.25, -0.2) is 13.1 Å². The second-order valence-corrected chi connectivity index (χ2v) is 8.09. The molecule has 0 bridgehead atoms. The van der Waals surface area contributed by atoms with E-state index in [1.54, 1.807) is 6.07 Å². The molecule has 0 spiro atoms. The summed E-state index contributed by atoms with van der Waals surface area (Å²) in [6.45, 7) is 8.72. The third-order valence-corrected chi connectivity index (χ3v) is 5.74. The van der Waals surface area contributed by atoms with Crippen molar-refractivity contribution >= 4 is 21.4 Å². The summed E-state index contributed by atoms with van der Waals surface area (Å²) >= 11 is 1.48. The molecule has 0 aliphatic carbocycles. The zero-order valence-corrected chi connectivity index (χ0v) is 14.4. The van der Waals surface area contributed by atoms with Gasteiger partial charge in [-0.3, -0.25) is 0 Å². The highest BCUT2D eigenvalue weighted by atomic mass is 32.2. The Bertz CT molecular complexity index is 495. The summed E-state index contributed by atoms with van der Waals surface area (Å²) in [4.78, 5) is 1.29. The van der Waals surface area contributed by atoms with E-state index in [2.05, 4.69) is 17.0 Å². The van der Waals surface area contributed by atoms with Crippen LogP contribution in [0.5, 0.6) is 0 Å². The van der Waals surface area contributed by atoms with Crippen LogP contribution in [0.25, 0.3) is 0 Å². The molecule has 1 atom stereocenters. The second-order valence-electron chi connectivity index (χ2n) is 5.41. The van der Waals surface area contributed by atoms with E-state index >= 15 is 0 Å². The molecule has 0 amide bonds. The maximum absolute atomic E-state index is 12.4. The highest BCUT2D eigenvalue weighted by molar-refractivity contribution is 7.89. The third kappa shape index (κ3) is 5.52. The van der Waals surface area contributed by atoms with Crippen molar-refractivity contribution in [2.75, 3.05) is 0 Å². The Morgan fingerprint density at radius 2 is 2.00 bits per heavy atom. The average molecular weight is 319 g/mol. The van der Waals surface area contributed by atoms with Crippen molar-refractivity contribution in [3.8, 4) is 0 Å². The fraction of sp³-hybridized carbons (Fsp3) is 0.714. The Labute approximate surface area is 127 Å². The lowest BCUT2D eigenvalue weighted by Crippen LogP contribution is -2.33. The zero-order chi connectivity index (χ0) is 15.2. The standard InChI is InChI=1S/C14H26N2O2S2/c1-5-6-7-12(4)16-20(17,18)14-8-9-19-13(14)10-15-11(2)3/h8-9,11-12,15-16H,5-7,10H2,1-4H3. The molecule has 0 radical (unpaired) electrons. The quantitative estimate of drug-likeness (QED) is 0.735. The van der Waals surface area contributed by atoms with Crippen LogP contribution in [0.1, 0.15) is 51.8 Å². The Kier molecular flexibility index (Phi) is 7.15. The first-order valence-electron chi connectivity index (χ1n) is 7.19. The normalized spacial score (nSPS) is 13.8. The lowest BCUT2D eigenvalue weighted by molar-refractivity contribution is 0.532. The molecule has 1 aromatic heterocycles. The van der Waals surface area contributed by atoms with Gasteiger partial charge in [0, 0.05) is 23.5 Å². The number of hydrogen-bond donors (Lipinski definition) is 2. The van der Waals surface area contributed by atoms with Crippen LogP contribution in [0.3, 0.4) is 0 Å². The molecule has 1 unspecified atom stereocenters. The van der Waals surface area contributed by atoms with E-state index in [1.807, 2.05) is 26.2 Å². The summed E-state index contributed by atoms with van der Waals surface area (Å²) in [5, 5.41) is 5.10. The molecule has 1 aromatic rings. The summed E-state index contributed by atoms with van der Waals surface area (Å²) in [5.41, 5.74) is 0. The van der Waals surface area contributed by atoms with Gasteiger partial charge in [0.15, 0.2) is 0 Å². The van der Waals surface area contributed by atoms with Crippen LogP contribution in [0, 0.1) is 0 Å². The van der Waals surface area contributed by atoms with E-state index in [0.717, 1.165) is 24.1 Å². The molecule has 1 heterocycles. The van der Waals surface area contributed by atoms with Crippen LogP contribution >= 0.6 is 11.3 Å². The van der Waals surface area contributed by atoms with Gasteiger partial charge in [-0.05, 0) is 24.8 Å². The zero-order valence-electron chi connectivity index (χ0n) is 12.8. The van der Waals surface area contributed by atoms with E-state index in [0.29, 0.717) is 17.5 Å². The van der Waals surface area contributed by atoms with Gasteiger partial charge in [0.25, 0.3) is 0 Å². The molecule has 1 rings (SSSR count). The van der Waals surface area contributed by atoms with E-state index in [-0.39, 0.29) is 6.04 Å². The lowest BCUT2D eigenvalue weighted by Gasteiger charge is -2.14. The van der Waals surface area contributed by atoms with E-state index in [4.69, 9.17) is 0 Å². The molecular weight excluding hydrogens is 292 g/mol. The van der Waals surface area contributed by atoms with Gasteiger partial charge in [-0.15, -0.1) is 11.3 Å². The van der Waals surface area contributed by atoms with Gasteiger partial charge < -0.3 is 5.32 Å². The van der Waals surface area contributed by atoms with Crippen molar-refractivity contribution in [1.29, 1.82) is 0 Å². The Balaban J connectivity index is 2.74. The van der Waals surface area contributed by atoms with Crippen LogP contribution in [0.2, 0.25) is 0 Å². The van der Waals surface area contributed by atoms with Gasteiger partial charge in [-0.2, -0.15) is 0 Å². The molecule has 4 nitrogen and oxygen atoms in total. The average Bonchev–Trinajstić information content (AvgIpc) is 2.82. The van der Waals surface area contributed by atoms with Crippen molar-refractivity contribution in [2.45, 2.75) is 70.5 Å². The fourth-order valence-corrected chi connectivity index (χ4v) is 4.56. The van der Waals surface area contributed by atoms with Gasteiger partial charge in [-0.1, -0.05) is 33.6 Å². The minimum Gasteiger partial charge on any atom is -0.310 e. The van der Waals surface area contributed by atoms with Gasteiger partial charge in [0.05, 0.1) is 4.90 Å². The van der Waals surface area contributed by atoms with Crippen molar-refractivity contribution in [1.82, 2.24) is 10.0 Å². The molecule has 0 aromatic carbocycles. The maximum Gasteiger partial charge on any atom is 0.241 e. The number of nitrogens with one attached hydrogen (secondary N) is 2. The van der Waals surface area contributed by atoms with Gasteiger partial charge in [0.1, 0.15) is 0 Å². The molecule has 20 heavy (non-hydrogen) atoms. The summed E-state index contributed by atoms with van der Waals surface area (Å²) in [7, 11) is -3.40. The van der Waals surface area contributed by atoms with Crippen LogP contribution in [-0.2, 0) is 16.6 Å². The van der Waals surface area contributed by atoms with E-state index in [9.17, 15) is 8.42 Å². The Morgan fingerprint density at radius 1 is 1.30 bits per heavy atom. The Hall–Kier alpha value is -0.430. The summed E-state index contributed by atoms with van der Waals surface area (Å²) in [5.74, 6) is 0. The second kappa shape index (κ2) is 8.12. The SMILES string of the molecule is CCCCC(C)NS(=O)(=O)c1ccsc1CNC(C)C. The first kappa shape index (κ1) is 17.6. The van der Waals surface area contributed by atoms with Crippen LogP contribution in [0.15, 0.2) is 16.3 Å². The number of sulfonamides is 1. The lowest BCUT2D eigenvalue weighted by atomic mass is 10.2. The molecule has 0 aliphatic rings. The van der Waals surface area contributed by atoms with Crippen LogP contribution in [0.4, 0.5) is 0 Å². The molecule has 0 aliphatic heterocycles. The minimum atomic E-state index is -3.40. The first-order valence-corrected chi connectivity index (χ1v) is 9.55. The highest BCUT2D eigenvalue weighted by Gasteiger charge is 2.21. The minimum absolute atomic E-state index is 0.0224. The number of rotatable bonds is 9. The van der Waals surface area contributed by atoms with E-state index in [1.165, 1.54) is 11.3 Å². The van der Waals surface area contributed by atoms with Gasteiger partial charge in [0.2, 0.25) is 10.0 Å². The first-order chi connectivity index (χ1) is 9.36. The largest absolute Gasteiger partial charge is 0.310 e. The van der Waals surface area contributed by atoms with Crippen molar-refractivity contribution < 1.29 is 8.42 Å². The number of thiophene rings is 1. The van der Waals surface area contributed by atoms with E-state index < -0.39 is 10.0 Å². The molecule has 0 saturated carbocycles. The topological polar surface area (TPSA) is 58.2 Å². The summed E-state index contributed by atoms with van der Waals surface area (Å²) in [6, 6.07) is 2.01. The van der Waals surface area contributed by atoms with Gasteiger partial charge >= 0.3 is 0 Å². The van der Waals surface area contributed by atoms with Crippen molar-refractivity contribution in [3.63, 3.8) is 0 Å². The smallest absolute Gasteiger partial charge is 0.241 e. The predicted molar refractivity (Wildman–Crippen MR) is 85.6 cm³/mol. The molecular formula is C14H26N2O2S2. The molecule has 116 valence electrons. The molecule has 0 fully saturated rings. The molecule has 2 N–H and O–H groups in total. The Morgan fingerprint density at radius 3 is 2.60 bits per heavy atom.